The highest BCUT2D eigenvalue weighted by atomic mass is 35.5. The zero-order valence-corrected chi connectivity index (χ0v) is 13.4. The summed E-state index contributed by atoms with van der Waals surface area (Å²) in [5, 5.41) is 0.882. The van der Waals surface area contributed by atoms with E-state index < -0.39 is 5.60 Å². The lowest BCUT2D eigenvalue weighted by molar-refractivity contribution is 0.0871. The molecule has 2 aromatic carbocycles. The summed E-state index contributed by atoms with van der Waals surface area (Å²) in [6.45, 7) is 0.307. The van der Waals surface area contributed by atoms with E-state index in [-0.39, 0.29) is 11.9 Å². The first-order valence-corrected chi connectivity index (χ1v) is 7.58. The molecule has 3 nitrogen and oxygen atoms in total. The number of hydrogen-bond donors (Lipinski definition) is 0. The molecule has 1 heterocycles. The second-order valence-corrected chi connectivity index (χ2v) is 5.90. The number of methoxy groups -OCH3 is 1. The number of ketones is 1. The van der Waals surface area contributed by atoms with E-state index in [0.29, 0.717) is 27.8 Å². The minimum absolute atomic E-state index is 0.201. The average molecular weight is 337 g/mol. The second kappa shape index (κ2) is 6.01. The fourth-order valence-corrected chi connectivity index (χ4v) is 3.16. The Kier molecular flexibility index (Phi) is 4.24. The molecule has 1 fully saturated rings. The van der Waals surface area contributed by atoms with Gasteiger partial charge in [-0.25, -0.2) is 0 Å². The molecule has 0 aliphatic carbocycles. The largest absolute Gasteiger partial charge is 0.382 e. The molecule has 0 aromatic heterocycles. The molecule has 2 atom stereocenters. The molecule has 0 saturated carbocycles. The van der Waals surface area contributed by atoms with E-state index in [1.807, 2.05) is 12.1 Å². The highest BCUT2D eigenvalue weighted by molar-refractivity contribution is 6.35. The third-order valence-electron chi connectivity index (χ3n) is 3.77. The molecule has 0 radical (unpaired) electrons. The zero-order valence-electron chi connectivity index (χ0n) is 11.9. The van der Waals surface area contributed by atoms with Gasteiger partial charge in [0.1, 0.15) is 6.10 Å². The van der Waals surface area contributed by atoms with E-state index in [1.54, 1.807) is 43.5 Å². The van der Waals surface area contributed by atoms with Gasteiger partial charge >= 0.3 is 0 Å². The van der Waals surface area contributed by atoms with Gasteiger partial charge in [-0.3, -0.25) is 4.79 Å². The summed E-state index contributed by atoms with van der Waals surface area (Å²) < 4.78 is 10.9. The van der Waals surface area contributed by atoms with Gasteiger partial charge in [-0.15, -0.1) is 0 Å². The molecular weight excluding hydrogens is 323 g/mol. The van der Waals surface area contributed by atoms with Crippen LogP contribution in [-0.4, -0.2) is 25.6 Å². The Balaban J connectivity index is 2.08. The van der Waals surface area contributed by atoms with E-state index in [4.69, 9.17) is 32.7 Å². The first kappa shape index (κ1) is 15.5. The summed E-state index contributed by atoms with van der Waals surface area (Å²) in [6.07, 6.45) is -0.374. The van der Waals surface area contributed by atoms with E-state index in [9.17, 15) is 4.79 Å². The van der Waals surface area contributed by atoms with Crippen molar-refractivity contribution in [1.29, 1.82) is 0 Å². The summed E-state index contributed by atoms with van der Waals surface area (Å²) in [4.78, 5) is 13.1. The van der Waals surface area contributed by atoms with E-state index in [0.717, 1.165) is 0 Å². The lowest BCUT2D eigenvalue weighted by Gasteiger charge is -2.15. The fourth-order valence-electron chi connectivity index (χ4n) is 2.66. The van der Waals surface area contributed by atoms with Crippen molar-refractivity contribution in [3.8, 4) is 0 Å². The molecule has 3 rings (SSSR count). The maximum Gasteiger partial charge on any atom is 0.203 e. The van der Waals surface area contributed by atoms with Crippen LogP contribution in [0.25, 0.3) is 0 Å². The molecule has 22 heavy (non-hydrogen) atoms. The van der Waals surface area contributed by atoms with Crippen molar-refractivity contribution in [1.82, 2.24) is 0 Å². The second-order valence-electron chi connectivity index (χ2n) is 5.09. The lowest BCUT2D eigenvalue weighted by Crippen LogP contribution is -2.27. The van der Waals surface area contributed by atoms with Crippen molar-refractivity contribution < 1.29 is 14.3 Å². The summed E-state index contributed by atoms with van der Waals surface area (Å²) >= 11 is 12.4. The van der Waals surface area contributed by atoms with Gasteiger partial charge < -0.3 is 9.47 Å². The average Bonchev–Trinajstić information content (AvgIpc) is 3.23. The Morgan fingerprint density at radius 2 is 1.77 bits per heavy atom. The number of halogens is 2. The molecule has 1 saturated heterocycles. The molecule has 1 aliphatic rings. The van der Waals surface area contributed by atoms with Gasteiger partial charge in [-0.1, -0.05) is 53.5 Å². The fraction of sp³-hybridized carbons (Fsp3) is 0.235. The van der Waals surface area contributed by atoms with Crippen LogP contribution in [0.3, 0.4) is 0 Å². The van der Waals surface area contributed by atoms with Crippen LogP contribution in [-0.2, 0) is 15.1 Å². The molecule has 0 bridgehead atoms. The van der Waals surface area contributed by atoms with Crippen LogP contribution >= 0.6 is 23.2 Å². The van der Waals surface area contributed by atoms with Crippen molar-refractivity contribution >= 4 is 29.0 Å². The van der Waals surface area contributed by atoms with Crippen LogP contribution in [0.1, 0.15) is 15.9 Å². The Hall–Kier alpha value is -1.39. The minimum Gasteiger partial charge on any atom is -0.382 e. The van der Waals surface area contributed by atoms with Crippen molar-refractivity contribution in [2.45, 2.75) is 11.7 Å². The predicted octanol–water partition coefficient (Wildman–Crippen LogP) is 4.12. The van der Waals surface area contributed by atoms with Gasteiger partial charge in [0, 0.05) is 23.3 Å². The maximum absolute atomic E-state index is 13.1. The number of carbonyl (C=O) groups is 1. The van der Waals surface area contributed by atoms with Crippen LogP contribution in [0.2, 0.25) is 10.0 Å². The first-order chi connectivity index (χ1) is 10.6. The number of ether oxygens (including phenoxy) is 2. The summed E-state index contributed by atoms with van der Waals surface area (Å²) in [5.41, 5.74) is -0.0642. The summed E-state index contributed by atoms with van der Waals surface area (Å²) in [7, 11) is 1.57. The topological polar surface area (TPSA) is 38.8 Å². The van der Waals surface area contributed by atoms with Gasteiger partial charge in [-0.05, 0) is 18.2 Å². The minimum atomic E-state index is -1.13. The van der Waals surface area contributed by atoms with Crippen LogP contribution in [0.4, 0.5) is 0 Å². The van der Waals surface area contributed by atoms with Gasteiger partial charge in [0.2, 0.25) is 5.78 Å². The molecule has 1 aliphatic heterocycles. The standard InChI is InChI=1S/C17H14Cl2O3/c1-21-10-15-17(22-15,12-7-3-5-9-14(12)19)16(20)11-6-2-4-8-13(11)18/h2-9,15H,10H2,1H3/t15-,17+/m1/s1. The van der Waals surface area contributed by atoms with E-state index in [2.05, 4.69) is 0 Å². The normalized spacial score (nSPS) is 23.3. The number of hydrogen-bond acceptors (Lipinski definition) is 3. The van der Waals surface area contributed by atoms with E-state index in [1.165, 1.54) is 0 Å². The Bertz CT molecular complexity index is 717. The molecule has 5 heteroatoms. The molecular formula is C17H14Cl2O3. The molecule has 0 spiro atoms. The smallest absolute Gasteiger partial charge is 0.203 e. The third-order valence-corrected chi connectivity index (χ3v) is 4.43. The van der Waals surface area contributed by atoms with Crippen molar-refractivity contribution in [3.05, 3.63) is 69.7 Å². The SMILES string of the molecule is COC[C@H]1O[C@@]1(C(=O)c1ccccc1Cl)c1ccccc1Cl. The van der Waals surface area contributed by atoms with Crippen LogP contribution in [0.5, 0.6) is 0 Å². The quantitative estimate of drug-likeness (QED) is 0.609. The van der Waals surface area contributed by atoms with Gasteiger partial charge in [-0.2, -0.15) is 0 Å². The maximum atomic E-state index is 13.1. The lowest BCUT2D eigenvalue weighted by atomic mass is 9.87. The summed E-state index contributed by atoms with van der Waals surface area (Å²) in [6, 6.07) is 14.1. The Labute approximate surface area is 138 Å². The molecule has 0 amide bonds. The zero-order chi connectivity index (χ0) is 15.7. The first-order valence-electron chi connectivity index (χ1n) is 6.82. The van der Waals surface area contributed by atoms with Gasteiger partial charge in [0.25, 0.3) is 0 Å². The third kappa shape index (κ3) is 2.44. The monoisotopic (exact) mass is 336 g/mol. The number of Topliss-reactive ketones (excluding diaryl/α,β-unsaturated/α-hetero) is 1. The van der Waals surface area contributed by atoms with Crippen molar-refractivity contribution in [2.24, 2.45) is 0 Å². The van der Waals surface area contributed by atoms with E-state index >= 15 is 0 Å². The Morgan fingerprint density at radius 1 is 1.14 bits per heavy atom. The van der Waals surface area contributed by atoms with Gasteiger partial charge in [0.15, 0.2) is 5.60 Å². The molecule has 0 unspecified atom stereocenters. The van der Waals surface area contributed by atoms with Gasteiger partial charge in [0.05, 0.1) is 11.6 Å². The molecule has 114 valence electrons. The number of carbonyl (C=O) groups excluding carboxylic acids is 1. The Morgan fingerprint density at radius 3 is 2.41 bits per heavy atom. The number of rotatable bonds is 5. The number of benzene rings is 2. The van der Waals surface area contributed by atoms with Crippen LogP contribution < -0.4 is 0 Å². The highest BCUT2D eigenvalue weighted by Crippen LogP contribution is 2.51. The predicted molar refractivity (Wildman–Crippen MR) is 85.7 cm³/mol. The molecule has 0 N–H and O–H groups in total. The highest BCUT2D eigenvalue weighted by Gasteiger charge is 2.64. The number of epoxide rings is 1. The van der Waals surface area contributed by atoms with Crippen LogP contribution in [0.15, 0.2) is 48.5 Å². The van der Waals surface area contributed by atoms with Crippen molar-refractivity contribution in [3.63, 3.8) is 0 Å². The van der Waals surface area contributed by atoms with Crippen LogP contribution in [0, 0.1) is 0 Å². The summed E-state index contributed by atoms with van der Waals surface area (Å²) in [5.74, 6) is -0.201. The molecule has 2 aromatic rings. The van der Waals surface area contributed by atoms with Crippen molar-refractivity contribution in [2.75, 3.05) is 13.7 Å².